The first kappa shape index (κ1) is 8.02. The van der Waals surface area contributed by atoms with E-state index in [2.05, 4.69) is 4.98 Å². The Labute approximate surface area is 76.2 Å². The quantitative estimate of drug-likeness (QED) is 0.625. The Morgan fingerprint density at radius 2 is 2.42 bits per heavy atom. The molecule has 1 heterocycles. The minimum absolute atomic E-state index is 0.405. The molecule has 2 nitrogen and oxygen atoms in total. The highest BCUT2D eigenvalue weighted by Gasteiger charge is 2.23. The van der Waals surface area contributed by atoms with E-state index in [1.54, 1.807) is 0 Å². The summed E-state index contributed by atoms with van der Waals surface area (Å²) in [5.41, 5.74) is 3.09. The van der Waals surface area contributed by atoms with Crippen LogP contribution in [0, 0.1) is 6.92 Å². The summed E-state index contributed by atoms with van der Waals surface area (Å²) in [6.07, 6.45) is 1.30. The molecule has 0 fully saturated rings. The summed E-state index contributed by atoms with van der Waals surface area (Å²) in [7, 11) is 0. The number of nitrogens with zero attached hydrogens (tertiary/aromatic N) is 1. The number of pyridine rings is 1. The van der Waals surface area contributed by atoms with Crippen LogP contribution in [-0.4, -0.2) is 10.1 Å². The maximum atomic E-state index is 9.51. The van der Waals surface area contributed by atoms with Gasteiger partial charge in [0, 0.05) is 0 Å². The SMILES string of the molecule is Cc1cc(Cl)nc2c1CC[C@@H]2O. The van der Waals surface area contributed by atoms with E-state index in [0.717, 1.165) is 24.1 Å². The molecule has 0 amide bonds. The van der Waals surface area contributed by atoms with Crippen LogP contribution in [-0.2, 0) is 6.42 Å². The van der Waals surface area contributed by atoms with Crippen molar-refractivity contribution >= 4 is 11.6 Å². The van der Waals surface area contributed by atoms with Crippen LogP contribution in [0.1, 0.15) is 29.3 Å². The first-order valence-electron chi connectivity index (χ1n) is 4.02. The lowest BCUT2D eigenvalue weighted by Gasteiger charge is -2.05. The standard InChI is InChI=1S/C9H10ClNO/c1-5-4-8(10)11-9-6(5)2-3-7(9)12/h4,7,12H,2-3H2,1H3/t7-/m0/s1. The van der Waals surface area contributed by atoms with Crippen molar-refractivity contribution in [1.29, 1.82) is 0 Å². The summed E-state index contributed by atoms with van der Waals surface area (Å²) in [5.74, 6) is 0. The van der Waals surface area contributed by atoms with Crippen LogP contribution < -0.4 is 0 Å². The van der Waals surface area contributed by atoms with Crippen LogP contribution in [0.5, 0.6) is 0 Å². The molecule has 2 rings (SSSR count). The van der Waals surface area contributed by atoms with Gasteiger partial charge in [0.05, 0.1) is 11.8 Å². The van der Waals surface area contributed by atoms with Crippen LogP contribution in [0.2, 0.25) is 5.15 Å². The molecule has 0 radical (unpaired) electrons. The van der Waals surface area contributed by atoms with Crippen molar-refractivity contribution in [3.05, 3.63) is 28.0 Å². The Bertz CT molecular complexity index is 325. The number of aliphatic hydroxyl groups excluding tert-OH is 1. The molecule has 0 saturated heterocycles. The van der Waals surface area contributed by atoms with Crippen molar-refractivity contribution < 1.29 is 5.11 Å². The Morgan fingerprint density at radius 3 is 3.17 bits per heavy atom. The zero-order valence-electron chi connectivity index (χ0n) is 6.84. The molecule has 64 valence electrons. The summed E-state index contributed by atoms with van der Waals surface area (Å²) in [4.78, 5) is 4.11. The van der Waals surface area contributed by atoms with Crippen molar-refractivity contribution in [2.75, 3.05) is 0 Å². The fourth-order valence-corrected chi connectivity index (χ4v) is 1.96. The van der Waals surface area contributed by atoms with Gasteiger partial charge in [-0.2, -0.15) is 0 Å². The molecule has 12 heavy (non-hydrogen) atoms. The average Bonchev–Trinajstić information content (AvgIpc) is 2.33. The van der Waals surface area contributed by atoms with Gasteiger partial charge in [0.25, 0.3) is 0 Å². The average molecular weight is 184 g/mol. The van der Waals surface area contributed by atoms with E-state index in [9.17, 15) is 5.11 Å². The van der Waals surface area contributed by atoms with Crippen LogP contribution in [0.3, 0.4) is 0 Å². The lowest BCUT2D eigenvalue weighted by molar-refractivity contribution is 0.176. The number of hydrogen-bond donors (Lipinski definition) is 1. The molecule has 0 saturated carbocycles. The largest absolute Gasteiger partial charge is 0.387 e. The molecular formula is C9H10ClNO. The summed E-state index contributed by atoms with van der Waals surface area (Å²) >= 11 is 5.77. The third kappa shape index (κ3) is 1.11. The van der Waals surface area contributed by atoms with Gasteiger partial charge in [-0.3, -0.25) is 0 Å². The lowest BCUT2D eigenvalue weighted by Crippen LogP contribution is -1.96. The fourth-order valence-electron chi connectivity index (χ4n) is 1.70. The van der Waals surface area contributed by atoms with Crippen molar-refractivity contribution in [2.45, 2.75) is 25.9 Å². The third-order valence-corrected chi connectivity index (χ3v) is 2.53. The molecule has 1 aromatic rings. The van der Waals surface area contributed by atoms with Crippen LogP contribution in [0.25, 0.3) is 0 Å². The molecule has 0 unspecified atom stereocenters. The number of rotatable bonds is 0. The molecule has 1 aromatic heterocycles. The maximum Gasteiger partial charge on any atom is 0.129 e. The van der Waals surface area contributed by atoms with Gasteiger partial charge in [-0.1, -0.05) is 11.6 Å². The van der Waals surface area contributed by atoms with Gasteiger partial charge in [-0.15, -0.1) is 0 Å². The zero-order chi connectivity index (χ0) is 8.72. The molecule has 0 aliphatic heterocycles. The Hall–Kier alpha value is -0.600. The first-order valence-corrected chi connectivity index (χ1v) is 4.40. The Morgan fingerprint density at radius 1 is 1.67 bits per heavy atom. The Kier molecular flexibility index (Phi) is 1.81. The summed E-state index contributed by atoms with van der Waals surface area (Å²) in [5, 5.41) is 9.99. The smallest absolute Gasteiger partial charge is 0.129 e. The molecule has 0 spiro atoms. The van der Waals surface area contributed by atoms with Gasteiger partial charge in [-0.25, -0.2) is 4.98 Å². The fraction of sp³-hybridized carbons (Fsp3) is 0.444. The van der Waals surface area contributed by atoms with Gasteiger partial charge in [0.15, 0.2) is 0 Å². The number of aryl methyl sites for hydroxylation is 1. The van der Waals surface area contributed by atoms with Crippen LogP contribution in [0.4, 0.5) is 0 Å². The van der Waals surface area contributed by atoms with E-state index in [0.29, 0.717) is 5.15 Å². The predicted octanol–water partition coefficient (Wildman–Crippen LogP) is 2.02. The normalized spacial score (nSPS) is 21.1. The second kappa shape index (κ2) is 2.71. The van der Waals surface area contributed by atoms with E-state index in [4.69, 9.17) is 11.6 Å². The number of hydrogen-bond acceptors (Lipinski definition) is 2. The van der Waals surface area contributed by atoms with E-state index >= 15 is 0 Å². The summed E-state index contributed by atoms with van der Waals surface area (Å²) < 4.78 is 0. The molecule has 0 bridgehead atoms. The van der Waals surface area contributed by atoms with Crippen molar-refractivity contribution in [3.8, 4) is 0 Å². The maximum absolute atomic E-state index is 9.51. The van der Waals surface area contributed by atoms with E-state index in [1.807, 2.05) is 13.0 Å². The number of halogens is 1. The minimum atomic E-state index is -0.405. The molecule has 3 heteroatoms. The van der Waals surface area contributed by atoms with Crippen LogP contribution in [0.15, 0.2) is 6.07 Å². The molecule has 1 aliphatic rings. The van der Waals surface area contributed by atoms with Crippen LogP contribution >= 0.6 is 11.6 Å². The Balaban J connectivity index is 2.60. The van der Waals surface area contributed by atoms with Gasteiger partial charge in [-0.05, 0) is 37.0 Å². The third-order valence-electron chi connectivity index (χ3n) is 2.33. The molecule has 1 aliphatic carbocycles. The lowest BCUT2D eigenvalue weighted by atomic mass is 10.1. The number of aliphatic hydroxyl groups is 1. The van der Waals surface area contributed by atoms with Crippen molar-refractivity contribution in [3.63, 3.8) is 0 Å². The zero-order valence-corrected chi connectivity index (χ0v) is 7.60. The van der Waals surface area contributed by atoms with E-state index < -0.39 is 6.10 Å². The van der Waals surface area contributed by atoms with Gasteiger partial charge in [0.1, 0.15) is 5.15 Å². The van der Waals surface area contributed by atoms with Crippen molar-refractivity contribution in [2.24, 2.45) is 0 Å². The predicted molar refractivity (Wildman–Crippen MR) is 47.3 cm³/mol. The molecule has 0 aromatic carbocycles. The minimum Gasteiger partial charge on any atom is -0.387 e. The molecular weight excluding hydrogens is 174 g/mol. The monoisotopic (exact) mass is 183 g/mol. The number of fused-ring (bicyclic) bond motifs is 1. The van der Waals surface area contributed by atoms with Gasteiger partial charge in [0.2, 0.25) is 0 Å². The first-order chi connectivity index (χ1) is 5.68. The van der Waals surface area contributed by atoms with Gasteiger partial charge < -0.3 is 5.11 Å². The second-order valence-corrected chi connectivity index (χ2v) is 3.57. The van der Waals surface area contributed by atoms with E-state index in [-0.39, 0.29) is 0 Å². The highest BCUT2D eigenvalue weighted by atomic mass is 35.5. The van der Waals surface area contributed by atoms with Gasteiger partial charge >= 0.3 is 0 Å². The summed E-state index contributed by atoms with van der Waals surface area (Å²) in [6.45, 7) is 2.00. The summed E-state index contributed by atoms with van der Waals surface area (Å²) in [6, 6.07) is 1.85. The number of aromatic nitrogens is 1. The van der Waals surface area contributed by atoms with E-state index in [1.165, 1.54) is 5.56 Å². The van der Waals surface area contributed by atoms with Crippen molar-refractivity contribution in [1.82, 2.24) is 4.98 Å². The molecule has 1 N–H and O–H groups in total. The molecule has 1 atom stereocenters. The topological polar surface area (TPSA) is 33.1 Å². The highest BCUT2D eigenvalue weighted by Crippen LogP contribution is 2.32. The highest BCUT2D eigenvalue weighted by molar-refractivity contribution is 6.29. The second-order valence-electron chi connectivity index (χ2n) is 3.18.